The molecule has 2 N–H and O–H groups in total. The largest absolute Gasteiger partial charge is 0.354 e. The van der Waals surface area contributed by atoms with Gasteiger partial charge in [-0.1, -0.05) is 121 Å². The van der Waals surface area contributed by atoms with Crippen molar-refractivity contribution in [3.05, 3.63) is 202 Å². The Hall–Kier alpha value is -6.50. The maximum atomic E-state index is 14.2. The number of aliphatic imine (C=N–C) groups is 2. The van der Waals surface area contributed by atoms with Crippen molar-refractivity contribution in [1.29, 1.82) is 0 Å². The first-order valence-corrected chi connectivity index (χ1v) is 16.7. The molecule has 1 aromatic heterocycles. The summed E-state index contributed by atoms with van der Waals surface area (Å²) in [5, 5.41) is 5.27. The maximum Gasteiger partial charge on any atom is 0.221 e. The lowest BCUT2D eigenvalue weighted by Gasteiger charge is -2.20. The van der Waals surface area contributed by atoms with Crippen molar-refractivity contribution in [3.63, 3.8) is 0 Å². The number of H-pyrrole nitrogens is 1. The van der Waals surface area contributed by atoms with E-state index in [1.807, 2.05) is 121 Å². The second-order valence-electron chi connectivity index (χ2n) is 12.5. The fourth-order valence-corrected chi connectivity index (χ4v) is 7.27. The van der Waals surface area contributed by atoms with Gasteiger partial charge in [-0.25, -0.2) is 9.98 Å². The molecule has 5 heterocycles. The fourth-order valence-electron chi connectivity index (χ4n) is 7.27. The van der Waals surface area contributed by atoms with Gasteiger partial charge in [0, 0.05) is 33.0 Å². The molecule has 1 fully saturated rings. The second-order valence-corrected chi connectivity index (χ2v) is 12.5. The van der Waals surface area contributed by atoms with Crippen molar-refractivity contribution >= 4 is 45.3 Å². The number of ketones is 2. The lowest BCUT2D eigenvalue weighted by atomic mass is 9.92. The molecule has 50 heavy (non-hydrogen) atoms. The van der Waals surface area contributed by atoms with Gasteiger partial charge >= 0.3 is 0 Å². The number of rotatable bonds is 4. The van der Waals surface area contributed by atoms with Crippen molar-refractivity contribution in [2.24, 2.45) is 9.98 Å². The third-order valence-electron chi connectivity index (χ3n) is 9.54. The molecule has 2 atom stereocenters. The van der Waals surface area contributed by atoms with E-state index in [1.54, 1.807) is 0 Å². The lowest BCUT2D eigenvalue weighted by Crippen LogP contribution is -2.34. The molecule has 4 aromatic carbocycles. The van der Waals surface area contributed by atoms with Crippen molar-refractivity contribution in [3.8, 4) is 0 Å². The Balaban J connectivity index is 1.41. The molecular formula is C44H30N4O2. The number of nitrogens with one attached hydrogen (secondary N) is 2. The standard InChI is InChI=1S/C44H30N4O2/c49-43-41-39(29-17-9-3-10-18-29)35-25-23-33(46-35)37(27-13-5-1-6-14-27)31-21-22-32(45-31)38(28-15-7-2-8-16-28)34-24-26-36(47-34)40(42(48-41)44(43)50)30-19-11-4-12-20-30/h1-26,41-42,45,48H. The highest BCUT2D eigenvalue weighted by molar-refractivity contribution is 6.47. The van der Waals surface area contributed by atoms with E-state index in [9.17, 15) is 9.59 Å². The van der Waals surface area contributed by atoms with Crippen LogP contribution < -0.4 is 16.0 Å². The molecule has 0 radical (unpaired) electrons. The minimum Gasteiger partial charge on any atom is -0.354 e. The Bertz CT molecular complexity index is 2340. The SMILES string of the molecule is O=C1C(=O)C2NC1C(c1ccccc1)=C1C=CC(=N1)C(c1ccccc1)=c1ccc([nH]1)=C(c1ccccc1)C1=NC(=C2c2ccccc2)C=C1. The Labute approximate surface area is 288 Å². The zero-order valence-electron chi connectivity index (χ0n) is 26.9. The molecule has 4 aliphatic rings. The number of aromatic nitrogens is 1. The summed E-state index contributed by atoms with van der Waals surface area (Å²) in [6.45, 7) is 0. The second kappa shape index (κ2) is 12.2. The van der Waals surface area contributed by atoms with E-state index in [0.29, 0.717) is 22.5 Å². The number of hydrogen-bond donors (Lipinski definition) is 2. The Morgan fingerprint density at radius 3 is 1.16 bits per heavy atom. The molecule has 1 saturated heterocycles. The number of carbonyl (C=O) groups is 2. The molecule has 0 saturated carbocycles. The first-order valence-electron chi connectivity index (χ1n) is 16.7. The highest BCUT2D eigenvalue weighted by atomic mass is 16.2. The van der Waals surface area contributed by atoms with Crippen LogP contribution in [0.3, 0.4) is 0 Å². The van der Waals surface area contributed by atoms with E-state index in [2.05, 4.69) is 46.7 Å². The summed E-state index contributed by atoms with van der Waals surface area (Å²) in [4.78, 5) is 42.5. The van der Waals surface area contributed by atoms with Gasteiger partial charge in [-0.3, -0.25) is 14.9 Å². The summed E-state index contributed by atoms with van der Waals surface area (Å²) >= 11 is 0. The molecule has 6 heteroatoms. The zero-order chi connectivity index (χ0) is 33.6. The Morgan fingerprint density at radius 1 is 0.420 bits per heavy atom. The maximum absolute atomic E-state index is 14.2. The van der Waals surface area contributed by atoms with E-state index in [1.165, 1.54) is 0 Å². The van der Waals surface area contributed by atoms with Gasteiger partial charge in [0.15, 0.2) is 0 Å². The van der Waals surface area contributed by atoms with Gasteiger partial charge in [-0.2, -0.15) is 0 Å². The van der Waals surface area contributed by atoms with Crippen LogP contribution in [0.2, 0.25) is 0 Å². The highest BCUT2D eigenvalue weighted by Gasteiger charge is 2.46. The summed E-state index contributed by atoms with van der Waals surface area (Å²) in [5.74, 6) is -0.999. The highest BCUT2D eigenvalue weighted by Crippen LogP contribution is 2.36. The molecule has 4 aliphatic heterocycles. The minimum atomic E-state index is -0.914. The van der Waals surface area contributed by atoms with Crippen LogP contribution >= 0.6 is 0 Å². The van der Waals surface area contributed by atoms with Crippen LogP contribution in [0.15, 0.2) is 179 Å². The fraction of sp³-hybridized carbons (Fsp3) is 0.0455. The molecule has 0 spiro atoms. The molecular weight excluding hydrogens is 617 g/mol. The quantitative estimate of drug-likeness (QED) is 0.244. The van der Waals surface area contributed by atoms with Gasteiger partial charge in [0.05, 0.1) is 22.8 Å². The van der Waals surface area contributed by atoms with Crippen LogP contribution in [0.1, 0.15) is 22.3 Å². The summed E-state index contributed by atoms with van der Waals surface area (Å²) in [6.07, 6.45) is 7.88. The summed E-state index contributed by atoms with van der Waals surface area (Å²) in [7, 11) is 0. The molecule has 8 bridgehead atoms. The van der Waals surface area contributed by atoms with Gasteiger partial charge in [0.2, 0.25) is 11.6 Å². The lowest BCUT2D eigenvalue weighted by molar-refractivity contribution is -0.134. The number of benzene rings is 4. The van der Waals surface area contributed by atoms with Crippen LogP contribution in [0, 0.1) is 0 Å². The van der Waals surface area contributed by atoms with E-state index in [-0.39, 0.29) is 0 Å². The summed E-state index contributed by atoms with van der Waals surface area (Å²) in [6, 6.07) is 42.1. The average Bonchev–Trinajstić information content (AvgIpc) is 3.99. The van der Waals surface area contributed by atoms with E-state index in [4.69, 9.17) is 9.98 Å². The Kier molecular flexibility index (Phi) is 7.22. The first kappa shape index (κ1) is 29.6. The molecule has 2 unspecified atom stereocenters. The molecule has 0 aliphatic carbocycles. The van der Waals surface area contributed by atoms with Crippen LogP contribution in [0.25, 0.3) is 22.3 Å². The van der Waals surface area contributed by atoms with Gasteiger partial charge in [0.1, 0.15) is 12.1 Å². The van der Waals surface area contributed by atoms with Gasteiger partial charge < -0.3 is 4.98 Å². The van der Waals surface area contributed by atoms with Crippen molar-refractivity contribution < 1.29 is 9.59 Å². The third-order valence-corrected chi connectivity index (χ3v) is 9.54. The predicted octanol–water partition coefficient (Wildman–Crippen LogP) is 5.75. The number of aromatic amines is 1. The first-order chi connectivity index (χ1) is 24.6. The zero-order valence-corrected chi connectivity index (χ0v) is 26.9. The van der Waals surface area contributed by atoms with Gasteiger partial charge in [-0.05, 0) is 58.7 Å². The van der Waals surface area contributed by atoms with Crippen molar-refractivity contribution in [2.75, 3.05) is 0 Å². The van der Waals surface area contributed by atoms with Crippen LogP contribution in [-0.4, -0.2) is 40.1 Å². The van der Waals surface area contributed by atoms with E-state index < -0.39 is 23.7 Å². The molecule has 5 aromatic rings. The van der Waals surface area contributed by atoms with Crippen molar-refractivity contribution in [1.82, 2.24) is 10.3 Å². The number of hydrogen-bond acceptors (Lipinski definition) is 5. The average molecular weight is 647 g/mol. The topological polar surface area (TPSA) is 86.7 Å². The van der Waals surface area contributed by atoms with Crippen LogP contribution in [-0.2, 0) is 9.59 Å². The van der Waals surface area contributed by atoms with Gasteiger partial charge in [0.25, 0.3) is 0 Å². The summed E-state index contributed by atoms with van der Waals surface area (Å²) < 4.78 is 0. The molecule has 9 rings (SSSR count). The number of fused-ring (bicyclic) bond motifs is 6. The van der Waals surface area contributed by atoms with Crippen LogP contribution in [0.4, 0.5) is 0 Å². The third kappa shape index (κ3) is 5.02. The molecule has 6 nitrogen and oxygen atoms in total. The molecule has 238 valence electrons. The van der Waals surface area contributed by atoms with Crippen LogP contribution in [0.5, 0.6) is 0 Å². The Morgan fingerprint density at radius 2 is 0.780 bits per heavy atom. The smallest absolute Gasteiger partial charge is 0.221 e. The van der Waals surface area contributed by atoms with E-state index >= 15 is 0 Å². The van der Waals surface area contributed by atoms with Crippen molar-refractivity contribution in [2.45, 2.75) is 12.1 Å². The number of allylic oxidation sites excluding steroid dienone is 4. The normalized spacial score (nSPS) is 19.8. The van der Waals surface area contributed by atoms with Gasteiger partial charge in [-0.15, -0.1) is 0 Å². The van der Waals surface area contributed by atoms with E-state index in [0.717, 1.165) is 55.5 Å². The number of carbonyl (C=O) groups excluding carboxylic acids is 2. The summed E-state index contributed by atoms with van der Waals surface area (Å²) in [5.41, 5.74) is 9.55. The monoisotopic (exact) mass is 646 g/mol. The number of Topliss-reactive ketones (excluding diaryl/α,β-unsaturated/α-hetero) is 2. The predicted molar refractivity (Wildman–Crippen MR) is 199 cm³/mol. The number of nitrogens with zero attached hydrogens (tertiary/aromatic N) is 2. The minimum absolute atomic E-state index is 0.500. The molecule has 0 amide bonds.